The van der Waals surface area contributed by atoms with Crippen LogP contribution in [0.1, 0.15) is 35.1 Å². The van der Waals surface area contributed by atoms with Gasteiger partial charge in [-0.2, -0.15) is 5.10 Å². The second kappa shape index (κ2) is 4.77. The van der Waals surface area contributed by atoms with Crippen molar-refractivity contribution in [1.82, 2.24) is 25.2 Å². The van der Waals surface area contributed by atoms with E-state index in [1.807, 2.05) is 25.5 Å². The Morgan fingerprint density at radius 3 is 2.95 bits per heavy atom. The van der Waals surface area contributed by atoms with Crippen molar-refractivity contribution in [2.75, 3.05) is 0 Å². The van der Waals surface area contributed by atoms with Gasteiger partial charge in [0.05, 0.1) is 12.2 Å². The van der Waals surface area contributed by atoms with E-state index in [0.717, 1.165) is 49.0 Å². The molecule has 0 unspecified atom stereocenters. The van der Waals surface area contributed by atoms with Gasteiger partial charge in [0.25, 0.3) is 0 Å². The fraction of sp³-hybridized carbons (Fsp3) is 0.615. The third-order valence-corrected chi connectivity index (χ3v) is 3.71. The fourth-order valence-electron chi connectivity index (χ4n) is 2.60. The Balaban J connectivity index is 1.63. The predicted molar refractivity (Wildman–Crippen MR) is 69.7 cm³/mol. The Labute approximate surface area is 112 Å². The molecular weight excluding hydrogens is 242 g/mol. The summed E-state index contributed by atoms with van der Waals surface area (Å²) in [4.78, 5) is 4.42. The van der Waals surface area contributed by atoms with Gasteiger partial charge < -0.3 is 9.84 Å². The van der Waals surface area contributed by atoms with E-state index < -0.39 is 0 Å². The normalized spacial score (nSPS) is 18.6. The number of rotatable bonds is 3. The zero-order valence-electron chi connectivity index (χ0n) is 11.6. The van der Waals surface area contributed by atoms with Crippen LogP contribution in [0.4, 0.5) is 0 Å². The summed E-state index contributed by atoms with van der Waals surface area (Å²) in [5, 5.41) is 12.0. The molecule has 0 fully saturated rings. The van der Waals surface area contributed by atoms with Gasteiger partial charge in [-0.05, 0) is 27.2 Å². The van der Waals surface area contributed by atoms with Crippen LogP contribution in [0.5, 0.6) is 0 Å². The smallest absolute Gasteiger partial charge is 0.147 e. The molecule has 0 aliphatic carbocycles. The lowest BCUT2D eigenvalue weighted by Gasteiger charge is -2.23. The minimum Gasteiger partial charge on any atom is -0.361 e. The number of fused-ring (bicyclic) bond motifs is 1. The van der Waals surface area contributed by atoms with Crippen molar-refractivity contribution in [3.05, 3.63) is 28.7 Å². The molecule has 3 rings (SSSR count). The van der Waals surface area contributed by atoms with Crippen molar-refractivity contribution in [1.29, 1.82) is 0 Å². The number of aromatic nitrogens is 4. The molecule has 0 amide bonds. The molecule has 0 radical (unpaired) electrons. The first-order chi connectivity index (χ1) is 9.13. The van der Waals surface area contributed by atoms with Crippen LogP contribution in [0, 0.1) is 20.8 Å². The van der Waals surface area contributed by atoms with E-state index in [2.05, 4.69) is 20.6 Å². The maximum Gasteiger partial charge on any atom is 0.147 e. The highest BCUT2D eigenvalue weighted by molar-refractivity contribution is 5.20. The summed E-state index contributed by atoms with van der Waals surface area (Å²) in [5.41, 5.74) is 2.14. The van der Waals surface area contributed by atoms with Crippen molar-refractivity contribution in [2.45, 2.75) is 52.7 Å². The summed E-state index contributed by atoms with van der Waals surface area (Å²) in [5.74, 6) is 2.87. The molecule has 2 aromatic heterocycles. The van der Waals surface area contributed by atoms with Crippen molar-refractivity contribution in [2.24, 2.45) is 0 Å². The van der Waals surface area contributed by atoms with Gasteiger partial charge in [0.2, 0.25) is 0 Å². The average Bonchev–Trinajstić information content (AvgIpc) is 2.89. The Bertz CT molecular complexity index is 566. The molecule has 1 atom stereocenters. The molecule has 1 N–H and O–H groups in total. The molecule has 1 aliphatic heterocycles. The topological polar surface area (TPSA) is 68.8 Å². The van der Waals surface area contributed by atoms with Gasteiger partial charge >= 0.3 is 0 Å². The standard InChI is InChI=1S/C13H19N5O/c1-8-12(9(2)19-17-8)6-14-11-4-5-13-15-10(3)16-18(13)7-11/h11,14H,4-7H2,1-3H3/t11-/m1/s1. The number of nitrogens with one attached hydrogen (secondary N) is 1. The number of aryl methyl sites for hydroxylation is 4. The summed E-state index contributed by atoms with van der Waals surface area (Å²) in [6.45, 7) is 7.57. The molecule has 19 heavy (non-hydrogen) atoms. The maximum atomic E-state index is 5.18. The average molecular weight is 261 g/mol. The number of hydrogen-bond donors (Lipinski definition) is 1. The lowest BCUT2D eigenvalue weighted by Crippen LogP contribution is -2.37. The summed E-state index contributed by atoms with van der Waals surface area (Å²) < 4.78 is 7.19. The van der Waals surface area contributed by atoms with Gasteiger partial charge in [0.1, 0.15) is 17.4 Å². The van der Waals surface area contributed by atoms with Gasteiger partial charge in [-0.15, -0.1) is 0 Å². The molecule has 2 aromatic rings. The summed E-state index contributed by atoms with van der Waals surface area (Å²) in [7, 11) is 0. The third-order valence-electron chi connectivity index (χ3n) is 3.71. The first kappa shape index (κ1) is 12.3. The Morgan fingerprint density at radius 1 is 1.37 bits per heavy atom. The van der Waals surface area contributed by atoms with Crippen LogP contribution in [0.15, 0.2) is 4.52 Å². The molecular formula is C13H19N5O. The van der Waals surface area contributed by atoms with Gasteiger partial charge in [0.15, 0.2) is 0 Å². The molecule has 6 heteroatoms. The summed E-state index contributed by atoms with van der Waals surface area (Å²) in [6, 6.07) is 0.433. The molecule has 0 spiro atoms. The molecule has 0 saturated carbocycles. The molecule has 1 aliphatic rings. The van der Waals surface area contributed by atoms with Crippen LogP contribution in [0.3, 0.4) is 0 Å². The highest BCUT2D eigenvalue weighted by Gasteiger charge is 2.21. The zero-order chi connectivity index (χ0) is 13.4. The maximum absolute atomic E-state index is 5.18. The van der Waals surface area contributed by atoms with Crippen molar-refractivity contribution in [3.8, 4) is 0 Å². The van der Waals surface area contributed by atoms with E-state index in [9.17, 15) is 0 Å². The number of hydrogen-bond acceptors (Lipinski definition) is 5. The van der Waals surface area contributed by atoms with Crippen molar-refractivity contribution in [3.63, 3.8) is 0 Å². The van der Waals surface area contributed by atoms with E-state index in [-0.39, 0.29) is 0 Å². The van der Waals surface area contributed by atoms with Crippen LogP contribution in [0.2, 0.25) is 0 Å². The quantitative estimate of drug-likeness (QED) is 0.901. The van der Waals surface area contributed by atoms with E-state index in [1.54, 1.807) is 0 Å². The SMILES string of the molecule is Cc1nc2n(n1)C[C@H](NCc1c(C)noc1C)CC2. The van der Waals surface area contributed by atoms with Gasteiger partial charge in [-0.1, -0.05) is 5.16 Å². The Kier molecular flexibility index (Phi) is 3.10. The van der Waals surface area contributed by atoms with Crippen LogP contribution in [0.25, 0.3) is 0 Å². The van der Waals surface area contributed by atoms with Crippen LogP contribution in [-0.2, 0) is 19.5 Å². The third kappa shape index (κ3) is 2.40. The predicted octanol–water partition coefficient (Wildman–Crippen LogP) is 1.30. The molecule has 0 saturated heterocycles. The second-order valence-corrected chi connectivity index (χ2v) is 5.18. The van der Waals surface area contributed by atoms with Crippen LogP contribution >= 0.6 is 0 Å². The van der Waals surface area contributed by atoms with E-state index >= 15 is 0 Å². The molecule has 3 heterocycles. The summed E-state index contributed by atoms with van der Waals surface area (Å²) >= 11 is 0. The van der Waals surface area contributed by atoms with Gasteiger partial charge in [-0.3, -0.25) is 0 Å². The highest BCUT2D eigenvalue weighted by atomic mass is 16.5. The lowest BCUT2D eigenvalue weighted by atomic mass is 10.1. The Hall–Kier alpha value is -1.69. The number of nitrogens with zero attached hydrogens (tertiary/aromatic N) is 4. The van der Waals surface area contributed by atoms with Crippen LogP contribution < -0.4 is 5.32 Å². The molecule has 6 nitrogen and oxygen atoms in total. The van der Waals surface area contributed by atoms with Crippen molar-refractivity contribution < 1.29 is 4.52 Å². The summed E-state index contributed by atoms with van der Waals surface area (Å²) in [6.07, 6.45) is 2.08. The minimum atomic E-state index is 0.433. The second-order valence-electron chi connectivity index (χ2n) is 5.18. The fourth-order valence-corrected chi connectivity index (χ4v) is 2.60. The minimum absolute atomic E-state index is 0.433. The molecule has 0 aromatic carbocycles. The zero-order valence-corrected chi connectivity index (χ0v) is 11.6. The van der Waals surface area contributed by atoms with Crippen LogP contribution in [-0.4, -0.2) is 26.0 Å². The lowest BCUT2D eigenvalue weighted by molar-refractivity contribution is 0.355. The van der Waals surface area contributed by atoms with Crippen molar-refractivity contribution >= 4 is 0 Å². The monoisotopic (exact) mass is 261 g/mol. The van der Waals surface area contributed by atoms with E-state index in [0.29, 0.717) is 6.04 Å². The van der Waals surface area contributed by atoms with E-state index in [1.165, 1.54) is 5.56 Å². The largest absolute Gasteiger partial charge is 0.361 e. The first-order valence-electron chi connectivity index (χ1n) is 6.69. The highest BCUT2D eigenvalue weighted by Crippen LogP contribution is 2.15. The van der Waals surface area contributed by atoms with Gasteiger partial charge in [0, 0.05) is 24.6 Å². The molecule has 102 valence electrons. The van der Waals surface area contributed by atoms with Gasteiger partial charge in [-0.25, -0.2) is 9.67 Å². The first-order valence-corrected chi connectivity index (χ1v) is 6.69. The molecule has 0 bridgehead atoms. The Morgan fingerprint density at radius 2 is 2.21 bits per heavy atom. The van der Waals surface area contributed by atoms with E-state index in [4.69, 9.17) is 4.52 Å².